The highest BCUT2D eigenvalue weighted by Gasteiger charge is 2.37. The molecule has 1 aromatic rings. The van der Waals surface area contributed by atoms with Crippen LogP contribution in [-0.4, -0.2) is 24.0 Å². The fraction of sp³-hybridized carbons (Fsp3) is 0.400. The number of nitrogens with one attached hydrogen (secondary N) is 1. The monoisotopic (exact) mass is 448 g/mol. The maximum Gasteiger partial charge on any atom is 0.0586 e. The summed E-state index contributed by atoms with van der Waals surface area (Å²) in [6, 6.07) is 4.98. The van der Waals surface area contributed by atoms with E-state index in [1.165, 1.54) is 34.0 Å². The van der Waals surface area contributed by atoms with Crippen molar-refractivity contribution in [3.63, 3.8) is 0 Å². The Morgan fingerprint density at radius 1 is 1.12 bits per heavy atom. The van der Waals surface area contributed by atoms with Crippen LogP contribution in [0.5, 0.6) is 0 Å². The summed E-state index contributed by atoms with van der Waals surface area (Å²) >= 11 is 7.52. The van der Waals surface area contributed by atoms with Crippen LogP contribution in [-0.2, 0) is 0 Å². The summed E-state index contributed by atoms with van der Waals surface area (Å²) in [6.45, 7) is 4.43. The Morgan fingerprint density at radius 3 is 2.71 bits per heavy atom. The Kier molecular flexibility index (Phi) is 4.72. The van der Waals surface area contributed by atoms with E-state index in [1.807, 2.05) is 0 Å². The van der Waals surface area contributed by atoms with Crippen LogP contribution in [0.4, 0.5) is 0 Å². The average molecular weight is 450 g/mol. The molecule has 126 valence electrons. The Hall–Kier alpha value is -0.840. The number of allylic oxidation sites excluding steroid dienone is 2. The summed E-state index contributed by atoms with van der Waals surface area (Å²) in [5.41, 5.74) is 4.14. The summed E-state index contributed by atoms with van der Waals surface area (Å²) in [4.78, 5) is 2.37. The lowest BCUT2D eigenvalue weighted by molar-refractivity contribution is 0.245. The van der Waals surface area contributed by atoms with Gasteiger partial charge in [-0.2, -0.15) is 0 Å². The van der Waals surface area contributed by atoms with Crippen molar-refractivity contribution in [3.05, 3.63) is 62.3 Å². The number of hydrogen-bond acceptors (Lipinski definition) is 2. The quantitative estimate of drug-likeness (QED) is 0.625. The van der Waals surface area contributed by atoms with E-state index in [0.29, 0.717) is 17.9 Å². The molecule has 1 aromatic carbocycles. The van der Waals surface area contributed by atoms with Gasteiger partial charge >= 0.3 is 0 Å². The van der Waals surface area contributed by atoms with Crippen molar-refractivity contribution < 1.29 is 0 Å². The van der Waals surface area contributed by atoms with Crippen LogP contribution in [0, 0.1) is 12.8 Å². The molecule has 3 aliphatic rings. The third-order valence-electron chi connectivity index (χ3n) is 5.39. The van der Waals surface area contributed by atoms with Crippen LogP contribution < -0.4 is 5.32 Å². The molecule has 4 heteroatoms. The highest BCUT2D eigenvalue weighted by Crippen LogP contribution is 2.45. The van der Waals surface area contributed by atoms with Crippen LogP contribution >= 0.6 is 31.9 Å². The van der Waals surface area contributed by atoms with Gasteiger partial charge in [-0.25, -0.2) is 0 Å². The summed E-state index contributed by atoms with van der Waals surface area (Å²) in [5, 5.41) is 3.52. The molecule has 4 rings (SSSR count). The predicted octanol–water partition coefficient (Wildman–Crippen LogP) is 5.30. The van der Waals surface area contributed by atoms with E-state index in [1.54, 1.807) is 0 Å². The largest absolute Gasteiger partial charge is 0.346 e. The van der Waals surface area contributed by atoms with Crippen molar-refractivity contribution in [2.75, 3.05) is 13.1 Å². The maximum absolute atomic E-state index is 3.89. The molecule has 1 N–H and O–H groups in total. The highest BCUT2D eigenvalue weighted by molar-refractivity contribution is 9.12. The molecule has 0 saturated carbocycles. The summed E-state index contributed by atoms with van der Waals surface area (Å²) in [5.74, 6) is 1.20. The molecule has 3 aliphatic heterocycles. The van der Waals surface area contributed by atoms with Crippen molar-refractivity contribution in [2.45, 2.75) is 31.7 Å². The molecule has 0 aromatic heterocycles. The van der Waals surface area contributed by atoms with Crippen molar-refractivity contribution >= 4 is 37.9 Å². The molecule has 0 radical (unpaired) electrons. The molecule has 0 amide bonds. The van der Waals surface area contributed by atoms with Gasteiger partial charge in [-0.3, -0.25) is 0 Å². The third-order valence-corrected chi connectivity index (χ3v) is 6.52. The molecule has 0 aliphatic carbocycles. The maximum atomic E-state index is 3.89. The van der Waals surface area contributed by atoms with Crippen LogP contribution in [0.2, 0.25) is 0 Å². The van der Waals surface area contributed by atoms with E-state index in [9.17, 15) is 0 Å². The number of aryl methyl sites for hydroxylation is 1. The second kappa shape index (κ2) is 6.81. The molecular weight excluding hydrogens is 428 g/mol. The van der Waals surface area contributed by atoms with Crippen LogP contribution in [0.3, 0.4) is 0 Å². The number of benzene rings is 1. The highest BCUT2D eigenvalue weighted by atomic mass is 79.9. The van der Waals surface area contributed by atoms with Crippen LogP contribution in [0.1, 0.15) is 35.4 Å². The minimum absolute atomic E-state index is 0.380. The van der Waals surface area contributed by atoms with Gasteiger partial charge in [0.25, 0.3) is 0 Å². The van der Waals surface area contributed by atoms with Gasteiger partial charge in [0.15, 0.2) is 0 Å². The first-order chi connectivity index (χ1) is 11.6. The first kappa shape index (κ1) is 16.6. The smallest absolute Gasteiger partial charge is 0.0586 e. The predicted molar refractivity (Wildman–Crippen MR) is 108 cm³/mol. The fourth-order valence-corrected chi connectivity index (χ4v) is 5.58. The Bertz CT molecular complexity index is 729. The number of fused-ring (bicyclic) bond motifs is 2. The van der Waals surface area contributed by atoms with Gasteiger partial charge in [0.05, 0.1) is 6.04 Å². The fourth-order valence-electron chi connectivity index (χ4n) is 4.33. The van der Waals surface area contributed by atoms with Crippen molar-refractivity contribution in [1.82, 2.24) is 10.2 Å². The molecule has 24 heavy (non-hydrogen) atoms. The molecule has 2 atom stereocenters. The lowest BCUT2D eigenvalue weighted by atomic mass is 9.74. The topological polar surface area (TPSA) is 15.3 Å². The second-order valence-corrected chi connectivity index (χ2v) is 8.76. The number of halogens is 2. The number of nitrogens with zero attached hydrogens (tertiary/aromatic N) is 1. The molecule has 1 saturated heterocycles. The zero-order chi connectivity index (χ0) is 16.7. The standard InChI is InChI=1S/C20H22Br2N2/c1-13-10-15-6-9-24-12-16(21)2-3-18(24)20(19(15)17(22)11-13)14-4-7-23-8-5-14/h2-3,6,9-12,14,18,20,23H,4-5,7-8H2,1H3. The van der Waals surface area contributed by atoms with Gasteiger partial charge in [0, 0.05) is 27.3 Å². The van der Waals surface area contributed by atoms with Gasteiger partial charge in [-0.1, -0.05) is 28.1 Å². The van der Waals surface area contributed by atoms with Crippen LogP contribution in [0.15, 0.2) is 45.6 Å². The third kappa shape index (κ3) is 3.04. The molecule has 0 bridgehead atoms. The Labute approximate surface area is 160 Å². The summed E-state index contributed by atoms with van der Waals surface area (Å²) in [7, 11) is 0. The van der Waals surface area contributed by atoms with Crippen molar-refractivity contribution in [1.29, 1.82) is 0 Å². The summed E-state index contributed by atoms with van der Waals surface area (Å²) in [6.07, 6.45) is 13.8. The Balaban J connectivity index is 1.85. The SMILES string of the molecule is Cc1cc(Br)c2c(c1)C=CN1C=C(Br)C=CC1C2C1CCNCC1. The van der Waals surface area contributed by atoms with Gasteiger partial charge < -0.3 is 10.2 Å². The van der Waals surface area contributed by atoms with E-state index in [0.717, 1.165) is 17.6 Å². The van der Waals surface area contributed by atoms with E-state index < -0.39 is 0 Å². The normalized spacial score (nSPS) is 26.6. The van der Waals surface area contributed by atoms with Gasteiger partial charge in [-0.15, -0.1) is 0 Å². The Morgan fingerprint density at radius 2 is 1.92 bits per heavy atom. The van der Waals surface area contributed by atoms with Crippen molar-refractivity contribution in [3.8, 4) is 0 Å². The summed E-state index contributed by atoms with van der Waals surface area (Å²) < 4.78 is 2.39. The van der Waals surface area contributed by atoms with Gasteiger partial charge in [-0.05, 0) is 89.6 Å². The van der Waals surface area contributed by atoms with Gasteiger partial charge in [0.2, 0.25) is 0 Å². The first-order valence-corrected chi connectivity index (χ1v) is 10.2. The molecule has 2 nitrogen and oxygen atoms in total. The minimum atomic E-state index is 0.380. The van der Waals surface area contributed by atoms with Crippen molar-refractivity contribution in [2.24, 2.45) is 5.92 Å². The lowest BCUT2D eigenvalue weighted by Gasteiger charge is -2.40. The zero-order valence-corrected chi connectivity index (χ0v) is 17.0. The van der Waals surface area contributed by atoms with Gasteiger partial charge in [0.1, 0.15) is 0 Å². The minimum Gasteiger partial charge on any atom is -0.346 e. The molecule has 3 heterocycles. The number of hydrogen-bond donors (Lipinski definition) is 1. The molecule has 1 fully saturated rings. The second-order valence-electron chi connectivity index (χ2n) is 6.99. The first-order valence-electron chi connectivity index (χ1n) is 8.65. The number of piperidine rings is 1. The molecule has 0 spiro atoms. The van der Waals surface area contributed by atoms with E-state index in [-0.39, 0.29) is 0 Å². The van der Waals surface area contributed by atoms with E-state index in [4.69, 9.17) is 0 Å². The van der Waals surface area contributed by atoms with Crippen LogP contribution in [0.25, 0.3) is 6.08 Å². The molecule has 2 unspecified atom stereocenters. The van der Waals surface area contributed by atoms with E-state index in [2.05, 4.69) is 91.8 Å². The lowest BCUT2D eigenvalue weighted by Crippen LogP contribution is -2.40. The zero-order valence-electron chi connectivity index (χ0n) is 13.8. The average Bonchev–Trinajstić information content (AvgIpc) is 2.72. The molecular formula is C20H22Br2N2. The van der Waals surface area contributed by atoms with E-state index >= 15 is 0 Å². The number of rotatable bonds is 1.